The van der Waals surface area contributed by atoms with E-state index in [4.69, 9.17) is 16.3 Å². The van der Waals surface area contributed by atoms with Crippen molar-refractivity contribution in [3.63, 3.8) is 0 Å². The number of carbonyl (C=O) groups excluding carboxylic acids is 1. The molecule has 0 amide bonds. The third-order valence-corrected chi connectivity index (χ3v) is 1.44. The summed E-state index contributed by atoms with van der Waals surface area (Å²) in [5.41, 5.74) is 0. The Morgan fingerprint density at radius 1 is 1.70 bits per heavy atom. The van der Waals surface area contributed by atoms with Gasteiger partial charge in [-0.25, -0.2) is 0 Å². The predicted octanol–water partition coefficient (Wildman–Crippen LogP) is 1.96. The van der Waals surface area contributed by atoms with Crippen LogP contribution in [0.15, 0.2) is 0 Å². The van der Waals surface area contributed by atoms with Crippen LogP contribution >= 0.6 is 11.6 Å². The molecule has 0 spiro atoms. The van der Waals surface area contributed by atoms with Crippen LogP contribution < -0.4 is 0 Å². The Morgan fingerprint density at radius 3 is 2.60 bits per heavy atom. The molecule has 0 aromatic rings. The molecule has 0 aliphatic carbocycles. The summed E-state index contributed by atoms with van der Waals surface area (Å²) in [7, 11) is 0. The van der Waals surface area contributed by atoms with E-state index in [1.54, 1.807) is 0 Å². The van der Waals surface area contributed by atoms with Crippen LogP contribution in [0, 0.1) is 0 Å². The molecule has 60 valence electrons. The second kappa shape index (κ2) is 5.54. The van der Waals surface area contributed by atoms with Crippen molar-refractivity contribution in [1.82, 2.24) is 0 Å². The van der Waals surface area contributed by atoms with Crippen LogP contribution in [0.2, 0.25) is 0 Å². The van der Waals surface area contributed by atoms with Crippen LogP contribution in [-0.2, 0) is 9.53 Å². The molecular weight excluding hydrogens is 152 g/mol. The van der Waals surface area contributed by atoms with Crippen LogP contribution in [0.25, 0.3) is 0 Å². The van der Waals surface area contributed by atoms with Gasteiger partial charge >= 0.3 is 5.97 Å². The first-order chi connectivity index (χ1) is 4.70. The third-order valence-electron chi connectivity index (χ3n) is 1.22. The van der Waals surface area contributed by atoms with Crippen LogP contribution in [0.3, 0.4) is 0 Å². The Labute approximate surface area is 66.5 Å². The molecule has 0 fully saturated rings. The number of hydrogen-bond donors (Lipinski definition) is 0. The highest BCUT2D eigenvalue weighted by atomic mass is 35.5. The van der Waals surface area contributed by atoms with E-state index in [9.17, 15) is 4.79 Å². The van der Waals surface area contributed by atoms with Crippen LogP contribution in [0.1, 0.15) is 26.7 Å². The van der Waals surface area contributed by atoms with Crippen molar-refractivity contribution in [3.05, 3.63) is 0 Å². The summed E-state index contributed by atoms with van der Waals surface area (Å²) < 4.78 is 4.92. The van der Waals surface area contributed by atoms with Gasteiger partial charge in [-0.2, -0.15) is 0 Å². The van der Waals surface area contributed by atoms with E-state index in [0.717, 1.165) is 12.8 Å². The lowest BCUT2D eigenvalue weighted by molar-refractivity contribution is -0.146. The summed E-state index contributed by atoms with van der Waals surface area (Å²) in [4.78, 5) is 10.4. The maximum atomic E-state index is 10.4. The number of halogens is 1. The van der Waals surface area contributed by atoms with E-state index >= 15 is 0 Å². The summed E-state index contributed by atoms with van der Waals surface area (Å²) in [5, 5.41) is 0. The van der Waals surface area contributed by atoms with E-state index in [2.05, 4.69) is 0 Å². The Hall–Kier alpha value is -0.240. The first kappa shape index (κ1) is 9.76. The van der Waals surface area contributed by atoms with Gasteiger partial charge in [0.2, 0.25) is 0 Å². The molecule has 0 aliphatic rings. The summed E-state index contributed by atoms with van der Waals surface area (Å²) in [6, 6.07) is 0. The fourth-order valence-corrected chi connectivity index (χ4v) is 0.946. The zero-order valence-corrected chi connectivity index (χ0v) is 7.15. The van der Waals surface area contributed by atoms with E-state index < -0.39 is 0 Å². The molecule has 0 bridgehead atoms. The van der Waals surface area contributed by atoms with E-state index in [0.29, 0.717) is 5.88 Å². The van der Waals surface area contributed by atoms with Gasteiger partial charge in [0, 0.05) is 12.8 Å². The molecule has 0 heterocycles. The fourth-order valence-electron chi connectivity index (χ4n) is 0.703. The second-order valence-corrected chi connectivity index (χ2v) is 2.50. The summed E-state index contributed by atoms with van der Waals surface area (Å²) >= 11 is 5.47. The molecule has 1 unspecified atom stereocenters. The average Bonchev–Trinajstić information content (AvgIpc) is 1.86. The maximum absolute atomic E-state index is 10.4. The molecule has 0 rings (SSSR count). The highest BCUT2D eigenvalue weighted by Gasteiger charge is 2.07. The zero-order chi connectivity index (χ0) is 7.98. The first-order valence-electron chi connectivity index (χ1n) is 3.43. The van der Waals surface area contributed by atoms with E-state index in [1.165, 1.54) is 6.92 Å². The monoisotopic (exact) mass is 164 g/mol. The normalized spacial score (nSPS) is 12.7. The molecule has 0 N–H and O–H groups in total. The van der Waals surface area contributed by atoms with Crippen molar-refractivity contribution in [2.45, 2.75) is 32.8 Å². The van der Waals surface area contributed by atoms with Gasteiger partial charge in [0.1, 0.15) is 6.10 Å². The molecule has 1 atom stereocenters. The number of alkyl halides is 1. The molecule has 0 radical (unpaired) electrons. The van der Waals surface area contributed by atoms with E-state index in [-0.39, 0.29) is 12.1 Å². The SMILES string of the molecule is CCC(CCCl)OC(C)=O. The highest BCUT2D eigenvalue weighted by molar-refractivity contribution is 6.17. The largest absolute Gasteiger partial charge is 0.463 e. The highest BCUT2D eigenvalue weighted by Crippen LogP contribution is 2.04. The van der Waals surface area contributed by atoms with Gasteiger partial charge in [-0.1, -0.05) is 6.92 Å². The minimum absolute atomic E-state index is 0.00926. The lowest BCUT2D eigenvalue weighted by Crippen LogP contribution is -2.15. The van der Waals surface area contributed by atoms with Crippen molar-refractivity contribution in [2.24, 2.45) is 0 Å². The van der Waals surface area contributed by atoms with Crippen LogP contribution in [-0.4, -0.2) is 18.0 Å². The molecular formula is C7H13ClO2. The van der Waals surface area contributed by atoms with Crippen molar-refractivity contribution in [3.8, 4) is 0 Å². The Bertz CT molecular complexity index is 104. The molecule has 3 heteroatoms. The minimum atomic E-state index is -0.225. The molecule has 10 heavy (non-hydrogen) atoms. The molecule has 0 aromatic carbocycles. The van der Waals surface area contributed by atoms with Gasteiger partial charge in [-0.05, 0) is 12.8 Å². The molecule has 0 saturated heterocycles. The van der Waals surface area contributed by atoms with E-state index in [1.807, 2.05) is 6.92 Å². The first-order valence-corrected chi connectivity index (χ1v) is 3.97. The number of hydrogen-bond acceptors (Lipinski definition) is 2. The predicted molar refractivity (Wildman–Crippen MR) is 41.2 cm³/mol. The Morgan fingerprint density at radius 2 is 2.30 bits per heavy atom. The van der Waals surface area contributed by atoms with Crippen molar-refractivity contribution in [1.29, 1.82) is 0 Å². The minimum Gasteiger partial charge on any atom is -0.463 e. The quantitative estimate of drug-likeness (QED) is 0.469. The summed E-state index contributed by atoms with van der Waals surface area (Å²) in [5.74, 6) is 0.322. The van der Waals surface area contributed by atoms with Crippen molar-refractivity contribution >= 4 is 17.6 Å². The molecule has 0 saturated carbocycles. The topological polar surface area (TPSA) is 26.3 Å². The summed E-state index contributed by atoms with van der Waals surface area (Å²) in [6.07, 6.45) is 1.60. The van der Waals surface area contributed by atoms with Gasteiger partial charge in [0.15, 0.2) is 0 Å². The van der Waals surface area contributed by atoms with Crippen molar-refractivity contribution < 1.29 is 9.53 Å². The van der Waals surface area contributed by atoms with Gasteiger partial charge in [-0.15, -0.1) is 11.6 Å². The second-order valence-electron chi connectivity index (χ2n) is 2.12. The third kappa shape index (κ3) is 4.62. The van der Waals surface area contributed by atoms with Gasteiger partial charge in [0.25, 0.3) is 0 Å². The molecule has 2 nitrogen and oxygen atoms in total. The van der Waals surface area contributed by atoms with Gasteiger partial charge in [-0.3, -0.25) is 4.79 Å². The van der Waals surface area contributed by atoms with Gasteiger partial charge < -0.3 is 4.74 Å². The average molecular weight is 165 g/mol. The van der Waals surface area contributed by atoms with Gasteiger partial charge in [0.05, 0.1) is 0 Å². The zero-order valence-electron chi connectivity index (χ0n) is 6.39. The fraction of sp³-hybridized carbons (Fsp3) is 0.857. The number of esters is 1. The maximum Gasteiger partial charge on any atom is 0.302 e. The van der Waals surface area contributed by atoms with Crippen molar-refractivity contribution in [2.75, 3.05) is 5.88 Å². The molecule has 0 aromatic heterocycles. The lowest BCUT2D eigenvalue weighted by atomic mass is 10.2. The standard InChI is InChI=1S/C7H13ClO2/c1-3-7(4-5-8)10-6(2)9/h7H,3-5H2,1-2H3. The number of ether oxygens (including phenoxy) is 1. The Kier molecular flexibility index (Phi) is 5.40. The van der Waals surface area contributed by atoms with Crippen LogP contribution in [0.5, 0.6) is 0 Å². The molecule has 0 aliphatic heterocycles. The lowest BCUT2D eigenvalue weighted by Gasteiger charge is -2.12. The number of carbonyl (C=O) groups is 1. The Balaban J connectivity index is 3.49. The van der Waals surface area contributed by atoms with Crippen LogP contribution in [0.4, 0.5) is 0 Å². The number of rotatable bonds is 4. The summed E-state index contributed by atoms with van der Waals surface area (Å²) in [6.45, 7) is 3.39. The smallest absolute Gasteiger partial charge is 0.302 e.